The highest BCUT2D eigenvalue weighted by Crippen LogP contribution is 2.45. The maximum absolute atomic E-state index is 10.7. The molecule has 0 radical (unpaired) electrons. The average Bonchev–Trinajstić information content (AvgIpc) is 2.64. The van der Waals surface area contributed by atoms with E-state index >= 15 is 0 Å². The molecule has 94 valence electrons. The first-order chi connectivity index (χ1) is 8.00. The number of hydrogen-bond acceptors (Lipinski definition) is 4. The van der Waals surface area contributed by atoms with Gasteiger partial charge in [0.2, 0.25) is 0 Å². The summed E-state index contributed by atoms with van der Waals surface area (Å²) in [5.41, 5.74) is 0.142. The van der Waals surface area contributed by atoms with Gasteiger partial charge in [-0.05, 0) is 28.7 Å². The Balaban J connectivity index is 2.26. The van der Waals surface area contributed by atoms with E-state index in [0.717, 1.165) is 25.1 Å². The Morgan fingerprint density at radius 1 is 1.53 bits per heavy atom. The Morgan fingerprint density at radius 2 is 2.29 bits per heavy atom. The predicted octanol–water partition coefficient (Wildman–Crippen LogP) is 1.44. The highest BCUT2D eigenvalue weighted by atomic mass is 16.4. The number of aromatic nitrogens is 4. The van der Waals surface area contributed by atoms with E-state index in [9.17, 15) is 4.79 Å². The van der Waals surface area contributed by atoms with E-state index in [0.29, 0.717) is 0 Å². The molecule has 1 heterocycles. The van der Waals surface area contributed by atoms with Gasteiger partial charge < -0.3 is 5.11 Å². The van der Waals surface area contributed by atoms with Gasteiger partial charge in [0.1, 0.15) is 6.54 Å². The zero-order valence-corrected chi connectivity index (χ0v) is 10.3. The molecule has 1 fully saturated rings. The molecule has 0 amide bonds. The molecule has 6 nitrogen and oxygen atoms in total. The van der Waals surface area contributed by atoms with Crippen LogP contribution in [0, 0.1) is 5.41 Å². The second-order valence-corrected chi connectivity index (χ2v) is 5.38. The van der Waals surface area contributed by atoms with E-state index in [4.69, 9.17) is 5.11 Å². The van der Waals surface area contributed by atoms with Crippen LogP contribution >= 0.6 is 0 Å². The summed E-state index contributed by atoms with van der Waals surface area (Å²) in [7, 11) is 0. The van der Waals surface area contributed by atoms with Crippen molar-refractivity contribution in [1.82, 2.24) is 20.2 Å². The average molecular weight is 238 g/mol. The van der Waals surface area contributed by atoms with E-state index in [1.54, 1.807) is 0 Å². The van der Waals surface area contributed by atoms with Gasteiger partial charge in [-0.2, -0.15) is 0 Å². The molecule has 1 unspecified atom stereocenters. The van der Waals surface area contributed by atoms with Crippen molar-refractivity contribution >= 4 is 5.97 Å². The van der Waals surface area contributed by atoms with Gasteiger partial charge in [0.15, 0.2) is 5.82 Å². The van der Waals surface area contributed by atoms with Crippen LogP contribution in [-0.2, 0) is 11.3 Å². The van der Waals surface area contributed by atoms with E-state index < -0.39 is 5.97 Å². The molecule has 2 rings (SSSR count). The molecule has 1 saturated carbocycles. The first kappa shape index (κ1) is 12.0. The molecule has 0 spiro atoms. The first-order valence-corrected chi connectivity index (χ1v) is 5.98. The third kappa shape index (κ3) is 2.45. The Kier molecular flexibility index (Phi) is 3.13. The fourth-order valence-corrected chi connectivity index (χ4v) is 2.67. The van der Waals surface area contributed by atoms with Gasteiger partial charge in [0.25, 0.3) is 0 Å². The molecule has 0 saturated heterocycles. The SMILES string of the molecule is CC1(C)CCCCC1c1nnnn1CC(=O)O. The lowest BCUT2D eigenvalue weighted by atomic mass is 9.68. The zero-order valence-electron chi connectivity index (χ0n) is 10.3. The van der Waals surface area contributed by atoms with E-state index in [-0.39, 0.29) is 17.9 Å². The first-order valence-electron chi connectivity index (χ1n) is 5.98. The number of nitrogens with zero attached hydrogens (tertiary/aromatic N) is 4. The molecule has 1 N–H and O–H groups in total. The van der Waals surface area contributed by atoms with Crippen molar-refractivity contribution in [1.29, 1.82) is 0 Å². The second kappa shape index (κ2) is 4.43. The van der Waals surface area contributed by atoms with Crippen LogP contribution in [0.15, 0.2) is 0 Å². The predicted molar refractivity (Wildman–Crippen MR) is 60.4 cm³/mol. The van der Waals surface area contributed by atoms with Crippen molar-refractivity contribution in [3.05, 3.63) is 5.82 Å². The van der Waals surface area contributed by atoms with Crippen LogP contribution in [0.4, 0.5) is 0 Å². The maximum atomic E-state index is 10.7. The Bertz CT molecular complexity index is 413. The van der Waals surface area contributed by atoms with Gasteiger partial charge in [0.05, 0.1) is 0 Å². The van der Waals surface area contributed by atoms with Crippen LogP contribution in [0.3, 0.4) is 0 Å². The molecule has 0 aromatic carbocycles. The monoisotopic (exact) mass is 238 g/mol. The molecule has 6 heteroatoms. The molecule has 1 atom stereocenters. The highest BCUT2D eigenvalue weighted by molar-refractivity contribution is 5.66. The third-order valence-electron chi connectivity index (χ3n) is 3.66. The number of tetrazole rings is 1. The summed E-state index contributed by atoms with van der Waals surface area (Å²) in [6.07, 6.45) is 4.56. The molecule has 0 bridgehead atoms. The van der Waals surface area contributed by atoms with Gasteiger partial charge in [-0.15, -0.1) is 5.10 Å². The summed E-state index contributed by atoms with van der Waals surface area (Å²) < 4.78 is 1.42. The Labute approximate surface area is 100 Å². The topological polar surface area (TPSA) is 80.9 Å². The number of hydrogen-bond donors (Lipinski definition) is 1. The fourth-order valence-electron chi connectivity index (χ4n) is 2.67. The zero-order chi connectivity index (χ0) is 12.5. The maximum Gasteiger partial charge on any atom is 0.325 e. The van der Waals surface area contributed by atoms with E-state index in [2.05, 4.69) is 29.4 Å². The van der Waals surface area contributed by atoms with Crippen LogP contribution in [0.5, 0.6) is 0 Å². The fraction of sp³-hybridized carbons (Fsp3) is 0.818. The van der Waals surface area contributed by atoms with Crippen LogP contribution in [0.2, 0.25) is 0 Å². The highest BCUT2D eigenvalue weighted by Gasteiger charge is 2.36. The quantitative estimate of drug-likeness (QED) is 0.861. The van der Waals surface area contributed by atoms with Gasteiger partial charge in [-0.1, -0.05) is 26.7 Å². The van der Waals surface area contributed by atoms with Crippen molar-refractivity contribution in [2.75, 3.05) is 0 Å². The Hall–Kier alpha value is -1.46. The third-order valence-corrected chi connectivity index (χ3v) is 3.66. The minimum Gasteiger partial charge on any atom is -0.480 e. The largest absolute Gasteiger partial charge is 0.480 e. The molecular weight excluding hydrogens is 220 g/mol. The van der Waals surface area contributed by atoms with Gasteiger partial charge >= 0.3 is 5.97 Å². The molecule has 1 aliphatic carbocycles. The van der Waals surface area contributed by atoms with Crippen molar-refractivity contribution in [2.45, 2.75) is 52.0 Å². The van der Waals surface area contributed by atoms with Gasteiger partial charge in [-0.3, -0.25) is 4.79 Å². The lowest BCUT2D eigenvalue weighted by Gasteiger charge is -2.37. The van der Waals surface area contributed by atoms with Crippen molar-refractivity contribution in [2.24, 2.45) is 5.41 Å². The number of carboxylic acids is 1. The summed E-state index contributed by atoms with van der Waals surface area (Å²) in [6, 6.07) is 0. The van der Waals surface area contributed by atoms with Crippen LogP contribution in [0.1, 0.15) is 51.3 Å². The minimum atomic E-state index is -0.910. The lowest BCUT2D eigenvalue weighted by Crippen LogP contribution is -2.29. The second-order valence-electron chi connectivity index (χ2n) is 5.38. The molecule has 1 aromatic rings. The summed E-state index contributed by atoms with van der Waals surface area (Å²) in [4.78, 5) is 10.7. The minimum absolute atomic E-state index is 0.142. The van der Waals surface area contributed by atoms with Crippen molar-refractivity contribution in [3.63, 3.8) is 0 Å². The van der Waals surface area contributed by atoms with Gasteiger partial charge in [-0.25, -0.2) is 4.68 Å². The summed E-state index contributed by atoms with van der Waals surface area (Å²) in [5.74, 6) is 0.0647. The summed E-state index contributed by atoms with van der Waals surface area (Å²) in [6.45, 7) is 4.25. The van der Waals surface area contributed by atoms with E-state index in [1.807, 2.05) is 0 Å². The molecule has 1 aromatic heterocycles. The number of rotatable bonds is 3. The van der Waals surface area contributed by atoms with Crippen LogP contribution in [-0.4, -0.2) is 31.3 Å². The van der Waals surface area contributed by atoms with Crippen molar-refractivity contribution < 1.29 is 9.90 Å². The Morgan fingerprint density at radius 3 is 2.94 bits per heavy atom. The molecule has 1 aliphatic rings. The molecule has 17 heavy (non-hydrogen) atoms. The van der Waals surface area contributed by atoms with Crippen LogP contribution < -0.4 is 0 Å². The van der Waals surface area contributed by atoms with Gasteiger partial charge in [0, 0.05) is 5.92 Å². The lowest BCUT2D eigenvalue weighted by molar-refractivity contribution is -0.138. The van der Waals surface area contributed by atoms with Crippen molar-refractivity contribution in [3.8, 4) is 0 Å². The molecule has 0 aliphatic heterocycles. The standard InChI is InChI=1S/C11H18N4O2/c1-11(2)6-4-3-5-8(11)10-12-13-14-15(10)7-9(16)17/h8H,3-7H2,1-2H3,(H,16,17). The number of aliphatic carboxylic acids is 1. The number of carbonyl (C=O) groups is 1. The van der Waals surface area contributed by atoms with E-state index in [1.165, 1.54) is 11.1 Å². The molecular formula is C11H18N4O2. The summed E-state index contributed by atoms with van der Waals surface area (Å²) in [5, 5.41) is 20.2. The smallest absolute Gasteiger partial charge is 0.325 e. The number of carboxylic acid groups (broad SMARTS) is 1. The van der Waals surface area contributed by atoms with Crippen LogP contribution in [0.25, 0.3) is 0 Å². The summed E-state index contributed by atoms with van der Waals surface area (Å²) >= 11 is 0. The normalized spacial score (nSPS) is 23.5.